The van der Waals surface area contributed by atoms with Gasteiger partial charge in [0.1, 0.15) is 17.3 Å². The number of ether oxygens (including phenoxy) is 2. The summed E-state index contributed by atoms with van der Waals surface area (Å²) in [5, 5.41) is 0. The molecule has 1 aromatic carbocycles. The van der Waals surface area contributed by atoms with Crippen molar-refractivity contribution in [2.24, 2.45) is 0 Å². The van der Waals surface area contributed by atoms with Gasteiger partial charge in [0.15, 0.2) is 17.1 Å². The zero-order chi connectivity index (χ0) is 17.7. The van der Waals surface area contributed by atoms with Crippen LogP contribution in [0.4, 0.5) is 0 Å². The average molecular weight is 348 g/mol. The van der Waals surface area contributed by atoms with Crippen LogP contribution in [-0.4, -0.2) is 29.7 Å². The second-order valence-corrected chi connectivity index (χ2v) is 9.04. The molecule has 0 radical (unpaired) electrons. The molecule has 0 saturated carbocycles. The fourth-order valence-electron chi connectivity index (χ4n) is 2.85. The molecule has 0 unspecified atom stereocenters. The Labute approximate surface area is 148 Å². The molecule has 24 heavy (non-hydrogen) atoms. The number of benzene rings is 1. The maximum absolute atomic E-state index is 11.9. The largest absolute Gasteiger partial charge is 0.481 e. The van der Waals surface area contributed by atoms with E-state index in [4.69, 9.17) is 15.9 Å². The van der Waals surface area contributed by atoms with E-state index in [2.05, 4.69) is 18.1 Å². The summed E-state index contributed by atoms with van der Waals surface area (Å²) in [7, 11) is 0.366. The molecule has 1 aliphatic heterocycles. The van der Waals surface area contributed by atoms with E-state index in [0.717, 1.165) is 16.9 Å². The maximum atomic E-state index is 11.9. The lowest BCUT2D eigenvalue weighted by molar-refractivity contribution is -0.154. The molecule has 1 aromatic rings. The topological polar surface area (TPSA) is 35.5 Å². The van der Waals surface area contributed by atoms with Gasteiger partial charge in [-0.25, -0.2) is 4.79 Å². The second kappa shape index (κ2) is 7.98. The summed E-state index contributed by atoms with van der Waals surface area (Å²) in [6.45, 7) is 7.31. The smallest absolute Gasteiger partial charge is 0.345 e. The number of aryl methyl sites for hydroxylation is 2. The highest BCUT2D eigenvalue weighted by Gasteiger charge is 2.26. The minimum atomic E-state index is -0.906. The van der Waals surface area contributed by atoms with Gasteiger partial charge >= 0.3 is 5.97 Å². The van der Waals surface area contributed by atoms with Gasteiger partial charge < -0.3 is 9.47 Å². The summed E-state index contributed by atoms with van der Waals surface area (Å²) >= 11 is 0. The Hall–Kier alpha value is -1.60. The Morgan fingerprint density at radius 2 is 1.79 bits per heavy atom. The first-order valence-corrected chi connectivity index (χ1v) is 10.00. The van der Waals surface area contributed by atoms with E-state index in [-0.39, 0.29) is 6.61 Å². The van der Waals surface area contributed by atoms with Crippen LogP contribution in [0.1, 0.15) is 44.2 Å². The number of hydrogen-bond donors (Lipinski definition) is 0. The molecule has 0 atom stereocenters. The first-order chi connectivity index (χ1) is 11.3. The molecule has 0 aliphatic carbocycles. The molecule has 0 amide bonds. The van der Waals surface area contributed by atoms with Gasteiger partial charge in [-0.05, 0) is 70.2 Å². The number of rotatable bonds is 5. The summed E-state index contributed by atoms with van der Waals surface area (Å²) in [6.07, 6.45) is 9.35. The van der Waals surface area contributed by atoms with Gasteiger partial charge in [-0.2, -0.15) is 0 Å². The lowest BCUT2D eigenvalue weighted by Gasteiger charge is -2.19. The minimum Gasteiger partial charge on any atom is -0.481 e. The minimum absolute atomic E-state index is 0.127. The number of carbonyl (C=O) groups is 1. The Morgan fingerprint density at radius 1 is 1.21 bits per heavy atom. The average Bonchev–Trinajstić information content (AvgIpc) is 2.54. The van der Waals surface area contributed by atoms with E-state index in [1.165, 1.54) is 35.7 Å². The van der Waals surface area contributed by atoms with Crippen LogP contribution in [0.3, 0.4) is 0 Å². The van der Waals surface area contributed by atoms with Gasteiger partial charge in [-0.3, -0.25) is 0 Å². The highest BCUT2D eigenvalue weighted by molar-refractivity contribution is 7.96. The highest BCUT2D eigenvalue weighted by Crippen LogP contribution is 2.30. The Kier molecular flexibility index (Phi) is 6.23. The number of hydrogen-bond acceptors (Lipinski definition) is 3. The van der Waals surface area contributed by atoms with Gasteiger partial charge in [0.25, 0.3) is 0 Å². The maximum Gasteiger partial charge on any atom is 0.345 e. The molecule has 1 aliphatic rings. The molecule has 1 fully saturated rings. The quantitative estimate of drug-likeness (QED) is 0.462. The van der Waals surface area contributed by atoms with Crippen molar-refractivity contribution in [3.05, 3.63) is 23.3 Å². The van der Waals surface area contributed by atoms with Crippen LogP contribution < -0.4 is 4.74 Å². The number of terminal acetylenes is 1. The first-order valence-electron chi connectivity index (χ1n) is 8.43. The molecule has 0 bridgehead atoms. The van der Waals surface area contributed by atoms with Crippen LogP contribution in [0.5, 0.6) is 5.75 Å². The summed E-state index contributed by atoms with van der Waals surface area (Å²) in [4.78, 5) is 13.3. The van der Waals surface area contributed by atoms with E-state index >= 15 is 0 Å². The third kappa shape index (κ3) is 4.95. The molecule has 0 spiro atoms. The van der Waals surface area contributed by atoms with Crippen molar-refractivity contribution in [2.45, 2.75) is 57.5 Å². The van der Waals surface area contributed by atoms with Gasteiger partial charge in [-0.1, -0.05) is 5.92 Å². The molecule has 4 heteroatoms. The third-order valence-electron chi connectivity index (χ3n) is 4.10. The Morgan fingerprint density at radius 3 is 2.33 bits per heavy atom. The van der Waals surface area contributed by atoms with Crippen LogP contribution in [-0.2, 0) is 20.4 Å². The molecular weight excluding hydrogens is 320 g/mol. The van der Waals surface area contributed by atoms with Crippen LogP contribution >= 0.6 is 0 Å². The molecular formula is C20H27O3S+. The second-order valence-electron chi connectivity index (χ2n) is 6.77. The Bertz CT molecular complexity index is 614. The summed E-state index contributed by atoms with van der Waals surface area (Å²) in [6, 6.07) is 4.43. The fourth-order valence-corrected chi connectivity index (χ4v) is 5.31. The summed E-state index contributed by atoms with van der Waals surface area (Å²) < 4.78 is 10.9. The highest BCUT2D eigenvalue weighted by atomic mass is 32.2. The number of esters is 1. The van der Waals surface area contributed by atoms with E-state index in [1.807, 2.05) is 13.8 Å². The lowest BCUT2D eigenvalue weighted by atomic mass is 10.1. The van der Waals surface area contributed by atoms with Crippen molar-refractivity contribution >= 4 is 16.9 Å². The molecule has 130 valence electrons. The molecule has 1 saturated heterocycles. The van der Waals surface area contributed by atoms with Crippen LogP contribution in [0.15, 0.2) is 17.0 Å². The molecule has 2 rings (SSSR count). The third-order valence-corrected chi connectivity index (χ3v) is 6.56. The van der Waals surface area contributed by atoms with Gasteiger partial charge in [-0.15, -0.1) is 6.42 Å². The molecule has 0 aromatic heterocycles. The zero-order valence-corrected chi connectivity index (χ0v) is 15.9. The van der Waals surface area contributed by atoms with Crippen molar-refractivity contribution in [1.29, 1.82) is 0 Å². The predicted octanol–water partition coefficient (Wildman–Crippen LogP) is 3.80. The summed E-state index contributed by atoms with van der Waals surface area (Å²) in [5.41, 5.74) is 1.25. The first kappa shape index (κ1) is 18.7. The number of carbonyl (C=O) groups excluding carboxylic acids is 1. The van der Waals surface area contributed by atoms with Crippen LogP contribution in [0.25, 0.3) is 0 Å². The van der Waals surface area contributed by atoms with Crippen molar-refractivity contribution in [3.63, 3.8) is 0 Å². The van der Waals surface area contributed by atoms with Crippen LogP contribution in [0, 0.1) is 26.2 Å². The zero-order valence-electron chi connectivity index (χ0n) is 15.1. The van der Waals surface area contributed by atoms with Crippen LogP contribution in [0.2, 0.25) is 0 Å². The van der Waals surface area contributed by atoms with E-state index in [1.54, 1.807) is 13.8 Å². The van der Waals surface area contributed by atoms with Gasteiger partial charge in [0.2, 0.25) is 0 Å². The monoisotopic (exact) mass is 347 g/mol. The van der Waals surface area contributed by atoms with Crippen molar-refractivity contribution < 1.29 is 14.3 Å². The SMILES string of the molecule is C#CC(C)(C)OC(=O)COc1c(C)cc([S+]2CCCCC2)cc1C. The molecule has 0 N–H and O–H groups in total. The van der Waals surface area contributed by atoms with E-state index in [9.17, 15) is 4.79 Å². The lowest BCUT2D eigenvalue weighted by Crippen LogP contribution is -2.29. The summed E-state index contributed by atoms with van der Waals surface area (Å²) in [5.74, 6) is 5.36. The van der Waals surface area contributed by atoms with Gasteiger partial charge in [0, 0.05) is 10.9 Å². The standard InChI is InChI=1S/C20H27O3S/c1-6-20(4,5)23-18(21)14-22-19-15(2)12-17(13-16(19)3)24-10-8-7-9-11-24/h1,12-13H,7-11,14H2,2-5H3/q+1. The Balaban J connectivity index is 2.03. The van der Waals surface area contributed by atoms with E-state index < -0.39 is 11.6 Å². The normalized spacial score (nSPS) is 15.6. The fraction of sp³-hybridized carbons (Fsp3) is 0.550. The predicted molar refractivity (Wildman–Crippen MR) is 99.6 cm³/mol. The van der Waals surface area contributed by atoms with Gasteiger partial charge in [0.05, 0.1) is 0 Å². The van der Waals surface area contributed by atoms with E-state index in [0.29, 0.717) is 10.9 Å². The molecule has 1 heterocycles. The van der Waals surface area contributed by atoms with Crippen molar-refractivity contribution in [2.75, 3.05) is 18.1 Å². The van der Waals surface area contributed by atoms with Crippen molar-refractivity contribution in [3.8, 4) is 18.1 Å². The van der Waals surface area contributed by atoms with Crippen molar-refractivity contribution in [1.82, 2.24) is 0 Å². The molecule has 3 nitrogen and oxygen atoms in total.